The van der Waals surface area contributed by atoms with Gasteiger partial charge in [-0.15, -0.1) is 0 Å². The summed E-state index contributed by atoms with van der Waals surface area (Å²) in [5, 5.41) is 0. The maximum Gasteiger partial charge on any atom is 0.225 e. The molecule has 2 aromatic heterocycles. The minimum atomic E-state index is 0.390. The molecule has 1 atom stereocenters. The standard InChI is InChI=1S/C20H23N5/c1-2-16-6-8-17(9-7-16)19-21-12-14-25(19)18-5-3-13-24(15-18)20-22-10-4-11-23-20/h4,6-12,14,18H,2-3,5,13,15H2,1H3/t18-/m1/s1. The molecule has 0 amide bonds. The molecule has 1 aromatic carbocycles. The summed E-state index contributed by atoms with van der Waals surface area (Å²) in [7, 11) is 0. The lowest BCUT2D eigenvalue weighted by molar-refractivity contribution is 0.404. The van der Waals surface area contributed by atoms with Gasteiger partial charge < -0.3 is 9.47 Å². The van der Waals surface area contributed by atoms with Gasteiger partial charge in [0.05, 0.1) is 6.04 Å². The smallest absolute Gasteiger partial charge is 0.225 e. The van der Waals surface area contributed by atoms with E-state index in [1.165, 1.54) is 11.1 Å². The van der Waals surface area contributed by atoms with E-state index >= 15 is 0 Å². The largest absolute Gasteiger partial charge is 0.339 e. The van der Waals surface area contributed by atoms with Crippen molar-refractivity contribution in [1.82, 2.24) is 19.5 Å². The Labute approximate surface area is 148 Å². The second-order valence-corrected chi connectivity index (χ2v) is 6.50. The van der Waals surface area contributed by atoms with Gasteiger partial charge in [0.15, 0.2) is 0 Å². The molecule has 4 rings (SSSR count). The van der Waals surface area contributed by atoms with E-state index in [9.17, 15) is 0 Å². The Kier molecular flexibility index (Phi) is 4.46. The van der Waals surface area contributed by atoms with E-state index in [4.69, 9.17) is 0 Å². The van der Waals surface area contributed by atoms with Gasteiger partial charge in [-0.25, -0.2) is 15.0 Å². The zero-order valence-corrected chi connectivity index (χ0v) is 14.5. The van der Waals surface area contributed by atoms with Gasteiger partial charge in [-0.2, -0.15) is 0 Å². The quantitative estimate of drug-likeness (QED) is 0.729. The van der Waals surface area contributed by atoms with Gasteiger partial charge in [-0.1, -0.05) is 31.2 Å². The van der Waals surface area contributed by atoms with Crippen LogP contribution in [0, 0.1) is 0 Å². The van der Waals surface area contributed by atoms with Crippen LogP contribution >= 0.6 is 0 Å². The van der Waals surface area contributed by atoms with Crippen LogP contribution in [0.2, 0.25) is 0 Å². The summed E-state index contributed by atoms with van der Waals surface area (Å²) in [5.74, 6) is 1.87. The fourth-order valence-corrected chi connectivity index (χ4v) is 3.54. The maximum absolute atomic E-state index is 4.63. The number of nitrogens with zero attached hydrogens (tertiary/aromatic N) is 5. The lowest BCUT2D eigenvalue weighted by Crippen LogP contribution is -2.37. The van der Waals surface area contributed by atoms with E-state index < -0.39 is 0 Å². The Morgan fingerprint density at radius 2 is 1.84 bits per heavy atom. The first-order valence-corrected chi connectivity index (χ1v) is 8.99. The summed E-state index contributed by atoms with van der Waals surface area (Å²) in [4.78, 5) is 15.7. The molecule has 0 radical (unpaired) electrons. The van der Waals surface area contributed by atoms with Crippen LogP contribution in [0.4, 0.5) is 5.95 Å². The highest BCUT2D eigenvalue weighted by Gasteiger charge is 2.24. The highest BCUT2D eigenvalue weighted by atomic mass is 15.3. The van der Waals surface area contributed by atoms with Crippen LogP contribution in [-0.4, -0.2) is 32.6 Å². The van der Waals surface area contributed by atoms with Crippen molar-refractivity contribution in [2.24, 2.45) is 0 Å². The predicted octanol–water partition coefficient (Wildman–Crippen LogP) is 3.74. The molecule has 1 aliphatic rings. The molecule has 0 aliphatic carbocycles. The van der Waals surface area contributed by atoms with Gasteiger partial charge in [-0.3, -0.25) is 0 Å². The first kappa shape index (κ1) is 15.8. The van der Waals surface area contributed by atoms with Crippen molar-refractivity contribution >= 4 is 5.95 Å². The molecule has 1 fully saturated rings. The number of benzene rings is 1. The normalized spacial score (nSPS) is 17.6. The monoisotopic (exact) mass is 333 g/mol. The molecular weight excluding hydrogens is 310 g/mol. The van der Waals surface area contributed by atoms with Gasteiger partial charge in [0.1, 0.15) is 5.82 Å². The number of hydrogen-bond acceptors (Lipinski definition) is 4. The molecule has 5 heteroatoms. The van der Waals surface area contributed by atoms with Gasteiger partial charge in [0.2, 0.25) is 5.95 Å². The Morgan fingerprint density at radius 3 is 2.60 bits per heavy atom. The number of imidazole rings is 1. The summed E-state index contributed by atoms with van der Waals surface area (Å²) in [6.45, 7) is 4.11. The van der Waals surface area contributed by atoms with Crippen LogP contribution in [0.3, 0.4) is 0 Å². The lowest BCUT2D eigenvalue weighted by atomic mass is 10.0. The molecule has 0 bridgehead atoms. The first-order valence-electron chi connectivity index (χ1n) is 8.99. The molecule has 0 spiro atoms. The lowest BCUT2D eigenvalue weighted by Gasteiger charge is -2.34. The Balaban J connectivity index is 1.58. The fraction of sp³-hybridized carbons (Fsp3) is 0.350. The molecule has 0 unspecified atom stereocenters. The van der Waals surface area contributed by atoms with Crippen LogP contribution in [0.1, 0.15) is 31.4 Å². The Morgan fingerprint density at radius 1 is 1.04 bits per heavy atom. The van der Waals surface area contributed by atoms with Crippen molar-refractivity contribution in [2.75, 3.05) is 18.0 Å². The third-order valence-electron chi connectivity index (χ3n) is 4.91. The van der Waals surface area contributed by atoms with Crippen LogP contribution in [0.25, 0.3) is 11.4 Å². The number of aryl methyl sites for hydroxylation is 1. The molecule has 1 aliphatic heterocycles. The average Bonchev–Trinajstić information content (AvgIpc) is 3.19. The number of rotatable bonds is 4. The Hall–Kier alpha value is -2.69. The molecule has 0 N–H and O–H groups in total. The average molecular weight is 333 g/mol. The van der Waals surface area contributed by atoms with E-state index in [2.05, 4.69) is 61.8 Å². The van der Waals surface area contributed by atoms with Gasteiger partial charge in [0.25, 0.3) is 0 Å². The SMILES string of the molecule is CCc1ccc(-c2nccn2[C@@H]2CCCN(c3ncccn3)C2)cc1. The van der Waals surface area contributed by atoms with Crippen LogP contribution < -0.4 is 4.90 Å². The molecule has 3 aromatic rings. The minimum Gasteiger partial charge on any atom is -0.339 e. The highest BCUT2D eigenvalue weighted by Crippen LogP contribution is 2.28. The third-order valence-corrected chi connectivity index (χ3v) is 4.91. The maximum atomic E-state index is 4.63. The second-order valence-electron chi connectivity index (χ2n) is 6.50. The van der Waals surface area contributed by atoms with Gasteiger partial charge in [0, 0.05) is 43.4 Å². The van der Waals surface area contributed by atoms with Crippen LogP contribution in [0.5, 0.6) is 0 Å². The molecule has 25 heavy (non-hydrogen) atoms. The van der Waals surface area contributed by atoms with E-state index in [1.54, 1.807) is 0 Å². The van der Waals surface area contributed by atoms with Gasteiger partial charge >= 0.3 is 0 Å². The van der Waals surface area contributed by atoms with Crippen molar-refractivity contribution in [3.05, 3.63) is 60.7 Å². The van der Waals surface area contributed by atoms with Gasteiger partial charge in [-0.05, 0) is 30.9 Å². The van der Waals surface area contributed by atoms with E-state index in [-0.39, 0.29) is 0 Å². The molecule has 128 valence electrons. The summed E-state index contributed by atoms with van der Waals surface area (Å²) < 4.78 is 2.32. The molecule has 0 saturated carbocycles. The summed E-state index contributed by atoms with van der Waals surface area (Å²) in [6, 6.07) is 11.0. The van der Waals surface area contributed by atoms with Crippen molar-refractivity contribution in [2.45, 2.75) is 32.2 Å². The second kappa shape index (κ2) is 7.05. The summed E-state index contributed by atoms with van der Waals surface area (Å²) in [5.41, 5.74) is 2.53. The van der Waals surface area contributed by atoms with Crippen molar-refractivity contribution in [3.63, 3.8) is 0 Å². The van der Waals surface area contributed by atoms with Crippen LogP contribution in [-0.2, 0) is 6.42 Å². The van der Waals surface area contributed by atoms with E-state index in [0.717, 1.165) is 44.1 Å². The Bertz CT molecular complexity index is 810. The fourth-order valence-electron chi connectivity index (χ4n) is 3.54. The molecule has 1 saturated heterocycles. The topological polar surface area (TPSA) is 46.8 Å². The summed E-state index contributed by atoms with van der Waals surface area (Å²) >= 11 is 0. The number of aromatic nitrogens is 4. The highest BCUT2D eigenvalue weighted by molar-refractivity contribution is 5.56. The minimum absolute atomic E-state index is 0.390. The molecular formula is C20H23N5. The van der Waals surface area contributed by atoms with Crippen molar-refractivity contribution in [3.8, 4) is 11.4 Å². The number of hydrogen-bond donors (Lipinski definition) is 0. The first-order chi connectivity index (χ1) is 12.3. The molecule has 5 nitrogen and oxygen atoms in total. The predicted molar refractivity (Wildman–Crippen MR) is 99.6 cm³/mol. The third kappa shape index (κ3) is 3.27. The number of piperidine rings is 1. The number of anilines is 1. The summed E-state index contributed by atoms with van der Waals surface area (Å²) in [6.07, 6.45) is 11.0. The van der Waals surface area contributed by atoms with Crippen LogP contribution in [0.15, 0.2) is 55.1 Å². The zero-order chi connectivity index (χ0) is 17.1. The van der Waals surface area contributed by atoms with Crippen molar-refractivity contribution < 1.29 is 0 Å². The zero-order valence-electron chi connectivity index (χ0n) is 14.5. The van der Waals surface area contributed by atoms with Crippen molar-refractivity contribution in [1.29, 1.82) is 0 Å². The molecule has 3 heterocycles. The van der Waals surface area contributed by atoms with E-state index in [0.29, 0.717) is 6.04 Å². The van der Waals surface area contributed by atoms with E-state index in [1.807, 2.05) is 24.7 Å².